The lowest BCUT2D eigenvalue weighted by Crippen LogP contribution is -2.41. The summed E-state index contributed by atoms with van der Waals surface area (Å²) in [4.78, 5) is 26.7. The van der Waals surface area contributed by atoms with Crippen molar-refractivity contribution in [1.82, 2.24) is 10.2 Å². The Morgan fingerprint density at radius 2 is 1.81 bits per heavy atom. The molecule has 140 valence electrons. The van der Waals surface area contributed by atoms with Crippen LogP contribution in [0.1, 0.15) is 18.1 Å². The zero-order chi connectivity index (χ0) is 19.2. The maximum absolute atomic E-state index is 13.1. The minimum absolute atomic E-state index is 0.0564. The molecule has 1 saturated heterocycles. The van der Waals surface area contributed by atoms with E-state index in [1.54, 1.807) is 43.3 Å². The fourth-order valence-corrected chi connectivity index (χ4v) is 3.68. The summed E-state index contributed by atoms with van der Waals surface area (Å²) in [6.45, 7) is 2.65. The Bertz CT molecular complexity index is 949. The molecule has 2 aliphatic heterocycles. The summed E-state index contributed by atoms with van der Waals surface area (Å²) >= 11 is 12.1. The van der Waals surface area contributed by atoms with Crippen molar-refractivity contribution in [2.45, 2.75) is 19.0 Å². The van der Waals surface area contributed by atoms with E-state index in [1.165, 1.54) is 0 Å². The molecule has 2 aromatic rings. The summed E-state index contributed by atoms with van der Waals surface area (Å²) in [6, 6.07) is 9.69. The van der Waals surface area contributed by atoms with Crippen molar-refractivity contribution in [2.75, 3.05) is 13.2 Å². The molecule has 2 aliphatic rings. The van der Waals surface area contributed by atoms with Crippen molar-refractivity contribution in [3.8, 4) is 11.5 Å². The quantitative estimate of drug-likeness (QED) is 0.788. The van der Waals surface area contributed by atoms with Gasteiger partial charge in [0.1, 0.15) is 18.8 Å². The number of imide groups is 1. The van der Waals surface area contributed by atoms with Gasteiger partial charge in [-0.05, 0) is 42.3 Å². The lowest BCUT2D eigenvalue weighted by Gasteiger charge is -2.25. The van der Waals surface area contributed by atoms with Crippen LogP contribution >= 0.6 is 23.2 Å². The molecule has 4 rings (SSSR count). The second kappa shape index (κ2) is 6.62. The highest BCUT2D eigenvalue weighted by atomic mass is 35.5. The summed E-state index contributed by atoms with van der Waals surface area (Å²) < 4.78 is 11.1. The van der Waals surface area contributed by atoms with Gasteiger partial charge in [0.2, 0.25) is 0 Å². The smallest absolute Gasteiger partial charge is 0.325 e. The van der Waals surface area contributed by atoms with Gasteiger partial charge in [-0.15, -0.1) is 0 Å². The number of halogens is 2. The fourth-order valence-electron chi connectivity index (χ4n) is 3.21. The molecule has 1 fully saturated rings. The van der Waals surface area contributed by atoms with Crippen LogP contribution in [0, 0.1) is 0 Å². The highest BCUT2D eigenvalue weighted by molar-refractivity contribution is 6.35. The highest BCUT2D eigenvalue weighted by Gasteiger charge is 2.49. The van der Waals surface area contributed by atoms with Crippen molar-refractivity contribution in [1.29, 1.82) is 0 Å². The third kappa shape index (κ3) is 3.09. The van der Waals surface area contributed by atoms with Crippen LogP contribution in [0.3, 0.4) is 0 Å². The van der Waals surface area contributed by atoms with Crippen LogP contribution in [0.5, 0.6) is 11.5 Å². The number of urea groups is 1. The number of nitrogens with zero attached hydrogens (tertiary/aromatic N) is 1. The van der Waals surface area contributed by atoms with E-state index in [1.807, 2.05) is 0 Å². The molecule has 0 saturated carbocycles. The molecule has 0 bridgehead atoms. The van der Waals surface area contributed by atoms with Gasteiger partial charge >= 0.3 is 6.03 Å². The van der Waals surface area contributed by atoms with E-state index in [0.29, 0.717) is 45.9 Å². The first-order valence-corrected chi connectivity index (χ1v) is 9.12. The van der Waals surface area contributed by atoms with Crippen molar-refractivity contribution in [3.63, 3.8) is 0 Å². The maximum atomic E-state index is 13.1. The van der Waals surface area contributed by atoms with E-state index in [0.717, 1.165) is 4.90 Å². The van der Waals surface area contributed by atoms with Crippen LogP contribution in [0.25, 0.3) is 0 Å². The Kier molecular flexibility index (Phi) is 4.40. The Hall–Kier alpha value is -2.44. The molecule has 1 N–H and O–H groups in total. The van der Waals surface area contributed by atoms with Gasteiger partial charge in [-0.2, -0.15) is 0 Å². The zero-order valence-corrected chi connectivity index (χ0v) is 15.9. The SMILES string of the molecule is C[C@@]1(c2ccc3c(c2)OCCO3)NC(=O)N(Cc2ccc(Cl)cc2Cl)C1=O. The molecule has 1 atom stereocenters. The first kappa shape index (κ1) is 17.9. The Balaban J connectivity index is 1.63. The molecular formula is C19H16Cl2N2O4. The van der Waals surface area contributed by atoms with Gasteiger partial charge in [0, 0.05) is 10.0 Å². The third-order valence-electron chi connectivity index (χ3n) is 4.74. The minimum Gasteiger partial charge on any atom is -0.486 e. The van der Waals surface area contributed by atoms with Crippen LogP contribution < -0.4 is 14.8 Å². The molecule has 27 heavy (non-hydrogen) atoms. The minimum atomic E-state index is -1.20. The Morgan fingerprint density at radius 3 is 2.56 bits per heavy atom. The number of hydrogen-bond donors (Lipinski definition) is 1. The summed E-state index contributed by atoms with van der Waals surface area (Å²) in [7, 11) is 0. The predicted molar refractivity (Wildman–Crippen MR) is 100 cm³/mol. The molecule has 0 unspecified atom stereocenters. The second-order valence-corrected chi connectivity index (χ2v) is 7.38. The number of ether oxygens (including phenoxy) is 2. The number of carbonyl (C=O) groups excluding carboxylic acids is 2. The standard InChI is InChI=1S/C19H16Cl2N2O4/c1-19(12-3-5-15-16(8-12)27-7-6-26-15)17(24)23(18(25)22-19)10-11-2-4-13(20)9-14(11)21/h2-5,8-9H,6-7,10H2,1H3,(H,22,25)/t19-/m0/s1. The molecule has 0 spiro atoms. The Morgan fingerprint density at radius 1 is 1.07 bits per heavy atom. The fraction of sp³-hybridized carbons (Fsp3) is 0.263. The Labute approximate surface area is 165 Å². The monoisotopic (exact) mass is 406 g/mol. The zero-order valence-electron chi connectivity index (χ0n) is 14.4. The van der Waals surface area contributed by atoms with Crippen molar-refractivity contribution < 1.29 is 19.1 Å². The average molecular weight is 407 g/mol. The summed E-state index contributed by atoms with van der Waals surface area (Å²) in [6.07, 6.45) is 0. The van der Waals surface area contributed by atoms with Crippen LogP contribution in [0.15, 0.2) is 36.4 Å². The van der Waals surface area contributed by atoms with Crippen LogP contribution in [-0.2, 0) is 16.9 Å². The predicted octanol–water partition coefficient (Wildman–Crippen LogP) is 3.73. The van der Waals surface area contributed by atoms with E-state index in [9.17, 15) is 9.59 Å². The van der Waals surface area contributed by atoms with Crippen molar-refractivity contribution in [3.05, 3.63) is 57.6 Å². The van der Waals surface area contributed by atoms with Gasteiger partial charge in [-0.1, -0.05) is 35.3 Å². The van der Waals surface area contributed by atoms with Gasteiger partial charge in [0.25, 0.3) is 5.91 Å². The first-order valence-electron chi connectivity index (χ1n) is 8.36. The number of carbonyl (C=O) groups is 2. The molecule has 3 amide bonds. The van der Waals surface area contributed by atoms with Crippen molar-refractivity contribution >= 4 is 35.1 Å². The normalized spacial score (nSPS) is 21.4. The number of fused-ring (bicyclic) bond motifs is 1. The molecule has 2 aromatic carbocycles. The average Bonchev–Trinajstić information content (AvgIpc) is 2.87. The number of rotatable bonds is 3. The van der Waals surface area contributed by atoms with Gasteiger partial charge in [0.15, 0.2) is 11.5 Å². The van der Waals surface area contributed by atoms with E-state index in [-0.39, 0.29) is 12.5 Å². The van der Waals surface area contributed by atoms with E-state index in [4.69, 9.17) is 32.7 Å². The molecular weight excluding hydrogens is 391 g/mol. The number of benzene rings is 2. The largest absolute Gasteiger partial charge is 0.486 e. The molecule has 0 radical (unpaired) electrons. The van der Waals surface area contributed by atoms with Gasteiger partial charge < -0.3 is 14.8 Å². The van der Waals surface area contributed by atoms with Gasteiger partial charge in [0.05, 0.1) is 6.54 Å². The lowest BCUT2D eigenvalue weighted by atomic mass is 9.91. The van der Waals surface area contributed by atoms with E-state index in [2.05, 4.69) is 5.32 Å². The lowest BCUT2D eigenvalue weighted by molar-refractivity contribution is -0.131. The number of hydrogen-bond acceptors (Lipinski definition) is 4. The van der Waals surface area contributed by atoms with Gasteiger partial charge in [-0.25, -0.2) is 4.79 Å². The molecule has 2 heterocycles. The highest BCUT2D eigenvalue weighted by Crippen LogP contribution is 2.37. The third-order valence-corrected chi connectivity index (χ3v) is 5.33. The molecule has 0 aromatic heterocycles. The number of nitrogens with one attached hydrogen (secondary N) is 1. The van der Waals surface area contributed by atoms with Crippen LogP contribution in [-0.4, -0.2) is 30.1 Å². The summed E-state index contributed by atoms with van der Waals surface area (Å²) in [5, 5.41) is 3.66. The topological polar surface area (TPSA) is 67.9 Å². The number of amides is 3. The summed E-state index contributed by atoms with van der Waals surface area (Å²) in [5.74, 6) is 0.812. The summed E-state index contributed by atoms with van der Waals surface area (Å²) in [5.41, 5.74) is 0.0528. The van der Waals surface area contributed by atoms with Gasteiger partial charge in [-0.3, -0.25) is 9.69 Å². The second-order valence-electron chi connectivity index (χ2n) is 6.54. The van der Waals surface area contributed by atoms with Crippen molar-refractivity contribution in [2.24, 2.45) is 0 Å². The molecule has 0 aliphatic carbocycles. The van der Waals surface area contributed by atoms with E-state index < -0.39 is 11.6 Å². The molecule has 8 heteroatoms. The maximum Gasteiger partial charge on any atom is 0.325 e. The van der Waals surface area contributed by atoms with Crippen LogP contribution in [0.4, 0.5) is 4.79 Å². The first-order chi connectivity index (χ1) is 12.9. The van der Waals surface area contributed by atoms with E-state index >= 15 is 0 Å². The molecule has 6 nitrogen and oxygen atoms in total. The van der Waals surface area contributed by atoms with Crippen LogP contribution in [0.2, 0.25) is 10.0 Å².